The molecule has 0 saturated heterocycles. The van der Waals surface area contributed by atoms with Crippen LogP contribution in [0.3, 0.4) is 0 Å². The molecule has 0 spiro atoms. The van der Waals surface area contributed by atoms with E-state index in [0.717, 1.165) is 6.42 Å². The lowest BCUT2D eigenvalue weighted by Crippen LogP contribution is -2.65. The number of esters is 1. The van der Waals surface area contributed by atoms with Gasteiger partial charge < -0.3 is 9.84 Å². The minimum absolute atomic E-state index is 0.175. The zero-order valence-electron chi connectivity index (χ0n) is 18.8. The molecule has 196 valence electrons. The molecule has 0 radical (unpaired) electrons. The van der Waals surface area contributed by atoms with E-state index >= 15 is 4.39 Å². The first kappa shape index (κ1) is 25.9. The Bertz CT molecular complexity index is 814. The third-order valence-corrected chi connectivity index (χ3v) is 8.79. The summed E-state index contributed by atoms with van der Waals surface area (Å²) in [5.74, 6) is -28.4. The van der Waals surface area contributed by atoms with Gasteiger partial charge in [0.15, 0.2) is 5.60 Å². The molecule has 5 saturated carbocycles. The van der Waals surface area contributed by atoms with Crippen LogP contribution in [-0.4, -0.2) is 51.6 Å². The Balaban J connectivity index is 1.66. The SMILES string of the molecule is CC(C)C1(OC(=O)C(C)(O)CC2(F)C(F)(F)C(F)(F)C(F)(F)C2(F)F)C2CC3CC(C2)CC1C3. The number of hydrogen-bond donors (Lipinski definition) is 1. The molecule has 0 heterocycles. The minimum Gasteiger partial charge on any atom is -0.456 e. The molecule has 1 unspecified atom stereocenters. The Morgan fingerprint density at radius 1 is 0.824 bits per heavy atom. The fourth-order valence-corrected chi connectivity index (χ4v) is 7.28. The van der Waals surface area contributed by atoms with E-state index in [9.17, 15) is 45.0 Å². The Labute approximate surface area is 190 Å². The molecule has 12 heteroatoms. The second-order valence-electron chi connectivity index (χ2n) is 11.3. The van der Waals surface area contributed by atoms with Crippen LogP contribution in [0.25, 0.3) is 0 Å². The molecule has 5 aliphatic rings. The van der Waals surface area contributed by atoms with E-state index in [4.69, 9.17) is 4.74 Å². The normalized spacial score (nSPS) is 41.9. The molecule has 3 nitrogen and oxygen atoms in total. The number of carbonyl (C=O) groups excluding carboxylic acids is 1. The number of aliphatic hydroxyl groups is 1. The average Bonchev–Trinajstić information content (AvgIpc) is 2.72. The van der Waals surface area contributed by atoms with Crippen molar-refractivity contribution in [1.82, 2.24) is 0 Å². The highest BCUT2D eigenvalue weighted by atomic mass is 19.4. The Morgan fingerprint density at radius 3 is 1.56 bits per heavy atom. The van der Waals surface area contributed by atoms with E-state index in [1.807, 2.05) is 0 Å². The second-order valence-corrected chi connectivity index (χ2v) is 11.3. The van der Waals surface area contributed by atoms with E-state index in [1.54, 1.807) is 13.8 Å². The maximum atomic E-state index is 15.0. The number of carbonyl (C=O) groups is 1. The Morgan fingerprint density at radius 2 is 1.21 bits per heavy atom. The summed E-state index contributed by atoms with van der Waals surface area (Å²) in [6, 6.07) is 0. The van der Waals surface area contributed by atoms with E-state index in [0.29, 0.717) is 44.4 Å². The maximum absolute atomic E-state index is 15.0. The van der Waals surface area contributed by atoms with Gasteiger partial charge in [-0.3, -0.25) is 0 Å². The quantitative estimate of drug-likeness (QED) is 0.377. The highest BCUT2D eigenvalue weighted by Gasteiger charge is 3.00. The summed E-state index contributed by atoms with van der Waals surface area (Å²) in [7, 11) is 0. The topological polar surface area (TPSA) is 46.5 Å². The van der Waals surface area contributed by atoms with Crippen molar-refractivity contribution in [3.63, 3.8) is 0 Å². The number of hydrogen-bond acceptors (Lipinski definition) is 3. The standard InChI is InChI=1S/C22H27F9O3/c1-10(2)18(13-5-11-4-12(7-13)8-14(18)6-11)34-15(32)16(3,33)9-17(23)19(24,25)21(28,29)22(30,31)20(17,26)27/h10-14,33H,4-9H2,1-3H3. The monoisotopic (exact) mass is 510 g/mol. The molecule has 34 heavy (non-hydrogen) atoms. The predicted octanol–water partition coefficient (Wildman–Crippen LogP) is 5.78. The third-order valence-electron chi connectivity index (χ3n) is 8.79. The number of alkyl halides is 9. The smallest absolute Gasteiger partial charge is 0.381 e. The first-order valence-electron chi connectivity index (χ1n) is 11.3. The molecule has 0 aromatic rings. The van der Waals surface area contributed by atoms with Gasteiger partial charge in [-0.05, 0) is 68.6 Å². The Hall–Kier alpha value is -1.20. The highest BCUT2D eigenvalue weighted by Crippen LogP contribution is 2.71. The molecule has 5 fully saturated rings. The van der Waals surface area contributed by atoms with Gasteiger partial charge in [-0.2, -0.15) is 35.1 Å². The zero-order valence-corrected chi connectivity index (χ0v) is 18.8. The third kappa shape index (κ3) is 2.80. The lowest BCUT2D eigenvalue weighted by atomic mass is 9.47. The molecule has 5 rings (SSSR count). The summed E-state index contributed by atoms with van der Waals surface area (Å²) < 4.78 is 131. The molecular formula is C22H27F9O3. The molecule has 0 amide bonds. The summed E-state index contributed by atoms with van der Waals surface area (Å²) >= 11 is 0. The summed E-state index contributed by atoms with van der Waals surface area (Å²) in [4.78, 5) is 12.9. The zero-order chi connectivity index (χ0) is 25.9. The fourth-order valence-electron chi connectivity index (χ4n) is 7.28. The summed E-state index contributed by atoms with van der Waals surface area (Å²) in [6.45, 7) is 3.78. The van der Waals surface area contributed by atoms with Gasteiger partial charge in [-0.15, -0.1) is 0 Å². The number of rotatable bonds is 5. The van der Waals surface area contributed by atoms with Crippen molar-refractivity contribution in [3.8, 4) is 0 Å². The fraction of sp³-hybridized carbons (Fsp3) is 0.955. The van der Waals surface area contributed by atoms with Crippen molar-refractivity contribution >= 4 is 5.97 Å². The van der Waals surface area contributed by atoms with E-state index in [-0.39, 0.29) is 17.8 Å². The van der Waals surface area contributed by atoms with Crippen LogP contribution in [0.5, 0.6) is 0 Å². The van der Waals surface area contributed by atoms with Gasteiger partial charge in [-0.1, -0.05) is 13.8 Å². The molecule has 4 bridgehead atoms. The van der Waals surface area contributed by atoms with Gasteiger partial charge in [-0.25, -0.2) is 9.18 Å². The predicted molar refractivity (Wildman–Crippen MR) is 99.6 cm³/mol. The lowest BCUT2D eigenvalue weighted by Gasteiger charge is -2.62. The maximum Gasteiger partial charge on any atom is 0.381 e. The van der Waals surface area contributed by atoms with E-state index in [1.165, 1.54) is 0 Å². The molecule has 1 atom stereocenters. The van der Waals surface area contributed by atoms with Crippen LogP contribution >= 0.6 is 0 Å². The first-order valence-corrected chi connectivity index (χ1v) is 11.3. The van der Waals surface area contributed by atoms with Crippen LogP contribution < -0.4 is 0 Å². The molecule has 0 aliphatic heterocycles. The summed E-state index contributed by atoms with van der Waals surface area (Å²) in [5.41, 5.74) is -10.6. The van der Waals surface area contributed by atoms with Crippen LogP contribution in [0.4, 0.5) is 39.5 Å². The molecule has 5 aliphatic carbocycles. The second kappa shape index (κ2) is 6.97. The van der Waals surface area contributed by atoms with Crippen LogP contribution in [-0.2, 0) is 9.53 Å². The van der Waals surface area contributed by atoms with Crippen LogP contribution in [0.1, 0.15) is 59.3 Å². The van der Waals surface area contributed by atoms with Gasteiger partial charge in [0.2, 0.25) is 0 Å². The Kier molecular flexibility index (Phi) is 5.30. The van der Waals surface area contributed by atoms with Gasteiger partial charge in [0.25, 0.3) is 5.67 Å². The van der Waals surface area contributed by atoms with Crippen LogP contribution in [0.15, 0.2) is 0 Å². The molecule has 0 aromatic heterocycles. The molecule has 0 aromatic carbocycles. The largest absolute Gasteiger partial charge is 0.456 e. The summed E-state index contributed by atoms with van der Waals surface area (Å²) in [6.07, 6.45) is 1.04. The highest BCUT2D eigenvalue weighted by molar-refractivity contribution is 5.79. The van der Waals surface area contributed by atoms with Crippen molar-refractivity contribution in [2.45, 2.75) is 99.9 Å². The number of ether oxygens (including phenoxy) is 1. The van der Waals surface area contributed by atoms with Crippen LogP contribution in [0, 0.1) is 29.6 Å². The van der Waals surface area contributed by atoms with Gasteiger partial charge in [0.05, 0.1) is 0 Å². The van der Waals surface area contributed by atoms with Crippen molar-refractivity contribution in [2.75, 3.05) is 0 Å². The first-order chi connectivity index (χ1) is 15.2. The van der Waals surface area contributed by atoms with Crippen molar-refractivity contribution < 1.29 is 54.2 Å². The lowest BCUT2D eigenvalue weighted by molar-refractivity contribution is -0.303. The number of halogens is 9. The minimum atomic E-state index is -6.77. The molecular weight excluding hydrogens is 483 g/mol. The van der Waals surface area contributed by atoms with Crippen molar-refractivity contribution in [2.24, 2.45) is 29.6 Å². The van der Waals surface area contributed by atoms with Gasteiger partial charge >= 0.3 is 29.7 Å². The van der Waals surface area contributed by atoms with Gasteiger partial charge in [0.1, 0.15) is 5.60 Å². The average molecular weight is 510 g/mol. The van der Waals surface area contributed by atoms with Crippen molar-refractivity contribution in [3.05, 3.63) is 0 Å². The van der Waals surface area contributed by atoms with E-state index in [2.05, 4.69) is 0 Å². The van der Waals surface area contributed by atoms with Gasteiger partial charge in [0, 0.05) is 6.42 Å². The van der Waals surface area contributed by atoms with Crippen LogP contribution in [0.2, 0.25) is 0 Å². The van der Waals surface area contributed by atoms with Crippen molar-refractivity contribution in [1.29, 1.82) is 0 Å². The molecule has 1 N–H and O–H groups in total. The van der Waals surface area contributed by atoms with E-state index < -0.39 is 53.0 Å². The summed E-state index contributed by atoms with van der Waals surface area (Å²) in [5, 5.41) is 10.5.